The third kappa shape index (κ3) is 2.97. The maximum absolute atomic E-state index is 12.9. The van der Waals surface area contributed by atoms with Crippen LogP contribution in [-0.4, -0.2) is 18.8 Å². The van der Waals surface area contributed by atoms with Crippen LogP contribution in [0.15, 0.2) is 36.4 Å². The van der Waals surface area contributed by atoms with Gasteiger partial charge in [-0.05, 0) is 29.9 Å². The molecule has 2 N–H and O–H groups in total. The zero-order chi connectivity index (χ0) is 15.0. The molecule has 0 aromatic heterocycles. The molecule has 2 aromatic carbocycles. The number of hydrogen-bond acceptors (Lipinski definition) is 2. The van der Waals surface area contributed by atoms with Crippen molar-refractivity contribution < 1.29 is 13.2 Å². The van der Waals surface area contributed by atoms with Gasteiger partial charge in [0.05, 0.1) is 0 Å². The van der Waals surface area contributed by atoms with E-state index in [1.54, 1.807) is 6.07 Å². The molecule has 1 aliphatic rings. The second kappa shape index (κ2) is 5.22. The zero-order valence-electron chi connectivity index (χ0n) is 11.5. The van der Waals surface area contributed by atoms with Crippen molar-refractivity contribution in [1.29, 1.82) is 0 Å². The van der Waals surface area contributed by atoms with E-state index in [0.717, 1.165) is 29.2 Å². The predicted molar refractivity (Wildman–Crippen MR) is 78.3 cm³/mol. The number of fused-ring (bicyclic) bond motifs is 1. The van der Waals surface area contributed by atoms with Gasteiger partial charge in [-0.3, -0.25) is 0 Å². The van der Waals surface area contributed by atoms with Crippen LogP contribution in [0, 0.1) is 0 Å². The molecule has 112 valence electrons. The first-order chi connectivity index (χ1) is 9.99. The number of alkyl halides is 3. The van der Waals surface area contributed by atoms with E-state index in [2.05, 4.69) is 0 Å². The Balaban J connectivity index is 2.10. The molecule has 21 heavy (non-hydrogen) atoms. The quantitative estimate of drug-likeness (QED) is 0.928. The maximum atomic E-state index is 12.9. The summed E-state index contributed by atoms with van der Waals surface area (Å²) >= 11 is 0. The number of hydrogen-bond donors (Lipinski definition) is 1. The summed E-state index contributed by atoms with van der Waals surface area (Å²) in [5.74, 6) is 0. The topological polar surface area (TPSA) is 29.3 Å². The van der Waals surface area contributed by atoms with E-state index in [0.29, 0.717) is 12.2 Å². The third-order valence-electron chi connectivity index (χ3n) is 3.86. The van der Waals surface area contributed by atoms with Crippen molar-refractivity contribution in [1.82, 2.24) is 0 Å². The first kappa shape index (κ1) is 14.2. The Labute approximate surface area is 121 Å². The van der Waals surface area contributed by atoms with Gasteiger partial charge in [0.2, 0.25) is 0 Å². The van der Waals surface area contributed by atoms with Crippen molar-refractivity contribution >= 4 is 16.5 Å². The van der Waals surface area contributed by atoms with Crippen LogP contribution in [0.2, 0.25) is 0 Å². The maximum Gasteiger partial charge on any atom is 0.405 e. The second-order valence-electron chi connectivity index (χ2n) is 5.47. The molecule has 0 atom stereocenters. The first-order valence-corrected chi connectivity index (χ1v) is 7.03. The fraction of sp³-hybridized carbons (Fsp3) is 0.375. The molecule has 5 heteroatoms. The molecular formula is C16H17F3N2. The number of benzene rings is 2. The van der Waals surface area contributed by atoms with E-state index in [-0.39, 0.29) is 6.04 Å². The van der Waals surface area contributed by atoms with Gasteiger partial charge in [0.1, 0.15) is 6.54 Å². The van der Waals surface area contributed by atoms with Crippen LogP contribution in [0.25, 0.3) is 10.8 Å². The summed E-state index contributed by atoms with van der Waals surface area (Å²) in [7, 11) is 0. The molecule has 2 nitrogen and oxygen atoms in total. The number of nitrogens with zero attached hydrogens (tertiary/aromatic N) is 1. The molecule has 3 rings (SSSR count). The Hall–Kier alpha value is -1.75. The van der Waals surface area contributed by atoms with Crippen LogP contribution >= 0.6 is 0 Å². The summed E-state index contributed by atoms with van der Waals surface area (Å²) in [4.78, 5) is 1.49. The van der Waals surface area contributed by atoms with Gasteiger partial charge >= 0.3 is 6.18 Å². The molecule has 1 fully saturated rings. The number of rotatable bonds is 4. The van der Waals surface area contributed by atoms with Gasteiger partial charge in [-0.15, -0.1) is 0 Å². The molecule has 1 saturated carbocycles. The minimum absolute atomic E-state index is 0.00115. The smallest absolute Gasteiger partial charge is 0.359 e. The molecule has 0 saturated heterocycles. The molecule has 0 radical (unpaired) electrons. The average Bonchev–Trinajstić information content (AvgIpc) is 3.27. The summed E-state index contributed by atoms with van der Waals surface area (Å²) in [6.45, 7) is -0.521. The van der Waals surface area contributed by atoms with Gasteiger partial charge in [0.15, 0.2) is 0 Å². The lowest BCUT2D eigenvalue weighted by Crippen LogP contribution is -2.36. The van der Waals surface area contributed by atoms with Crippen LogP contribution in [0.1, 0.15) is 18.4 Å². The third-order valence-corrected chi connectivity index (χ3v) is 3.86. The SMILES string of the molecule is NCc1ccc(N(CC(F)(F)F)C2CC2)c2ccccc12. The highest BCUT2D eigenvalue weighted by Crippen LogP contribution is 2.38. The fourth-order valence-electron chi connectivity index (χ4n) is 2.76. The van der Waals surface area contributed by atoms with Crippen LogP contribution in [-0.2, 0) is 6.54 Å². The van der Waals surface area contributed by atoms with Gasteiger partial charge in [0.25, 0.3) is 0 Å². The van der Waals surface area contributed by atoms with E-state index in [1.807, 2.05) is 30.3 Å². The molecule has 0 spiro atoms. The van der Waals surface area contributed by atoms with E-state index >= 15 is 0 Å². The summed E-state index contributed by atoms with van der Waals surface area (Å²) in [5, 5.41) is 1.78. The average molecular weight is 294 g/mol. The zero-order valence-corrected chi connectivity index (χ0v) is 11.5. The summed E-state index contributed by atoms with van der Waals surface area (Å²) in [5.41, 5.74) is 7.33. The van der Waals surface area contributed by atoms with Gasteiger partial charge in [-0.25, -0.2) is 0 Å². The van der Waals surface area contributed by atoms with Crippen molar-refractivity contribution in [2.24, 2.45) is 5.73 Å². The van der Waals surface area contributed by atoms with Crippen molar-refractivity contribution in [2.75, 3.05) is 11.4 Å². The van der Waals surface area contributed by atoms with Crippen molar-refractivity contribution in [2.45, 2.75) is 31.6 Å². The van der Waals surface area contributed by atoms with Crippen LogP contribution < -0.4 is 10.6 Å². The number of nitrogens with two attached hydrogens (primary N) is 1. The lowest BCUT2D eigenvalue weighted by Gasteiger charge is -2.27. The largest absolute Gasteiger partial charge is 0.405 e. The molecule has 0 bridgehead atoms. The summed E-state index contributed by atoms with van der Waals surface area (Å²) < 4.78 is 38.6. The predicted octanol–water partition coefficient (Wildman–Crippen LogP) is 3.83. The summed E-state index contributed by atoms with van der Waals surface area (Å²) in [6, 6.07) is 11.1. The number of halogens is 3. The van der Waals surface area contributed by atoms with Gasteiger partial charge in [-0.2, -0.15) is 13.2 Å². The van der Waals surface area contributed by atoms with Crippen LogP contribution in [0.4, 0.5) is 18.9 Å². The molecule has 2 aromatic rings. The molecular weight excluding hydrogens is 277 g/mol. The molecule has 0 amide bonds. The van der Waals surface area contributed by atoms with Crippen LogP contribution in [0.5, 0.6) is 0 Å². The van der Waals surface area contributed by atoms with E-state index in [4.69, 9.17) is 5.73 Å². The summed E-state index contributed by atoms with van der Waals surface area (Å²) in [6.07, 6.45) is -2.55. The molecule has 0 aliphatic heterocycles. The number of anilines is 1. The van der Waals surface area contributed by atoms with Gasteiger partial charge < -0.3 is 10.6 Å². The van der Waals surface area contributed by atoms with E-state index < -0.39 is 12.7 Å². The van der Waals surface area contributed by atoms with Crippen molar-refractivity contribution in [3.63, 3.8) is 0 Å². The normalized spacial score (nSPS) is 15.4. The standard InChI is InChI=1S/C16H17F3N2/c17-16(18,19)10-21(12-6-7-12)15-8-5-11(9-20)13-3-1-2-4-14(13)15/h1-5,8,12H,6-7,9-10,20H2. The first-order valence-electron chi connectivity index (χ1n) is 7.03. The lowest BCUT2D eigenvalue weighted by molar-refractivity contribution is -0.119. The Morgan fingerprint density at radius 1 is 1.05 bits per heavy atom. The molecule has 0 unspecified atom stereocenters. The molecule has 1 aliphatic carbocycles. The Morgan fingerprint density at radius 3 is 2.29 bits per heavy atom. The Kier molecular flexibility index (Phi) is 3.53. The highest BCUT2D eigenvalue weighted by Gasteiger charge is 2.38. The fourth-order valence-corrected chi connectivity index (χ4v) is 2.76. The van der Waals surface area contributed by atoms with Gasteiger partial charge in [0, 0.05) is 23.7 Å². The molecule has 0 heterocycles. The Bertz CT molecular complexity index is 648. The minimum atomic E-state index is -4.20. The Morgan fingerprint density at radius 2 is 1.71 bits per heavy atom. The monoisotopic (exact) mass is 294 g/mol. The highest BCUT2D eigenvalue weighted by molar-refractivity contribution is 5.96. The van der Waals surface area contributed by atoms with E-state index in [9.17, 15) is 13.2 Å². The van der Waals surface area contributed by atoms with Crippen molar-refractivity contribution in [3.8, 4) is 0 Å². The second-order valence-corrected chi connectivity index (χ2v) is 5.47. The highest BCUT2D eigenvalue weighted by atomic mass is 19.4. The minimum Gasteiger partial charge on any atom is -0.359 e. The van der Waals surface area contributed by atoms with E-state index in [1.165, 1.54) is 4.90 Å². The van der Waals surface area contributed by atoms with Crippen LogP contribution in [0.3, 0.4) is 0 Å². The lowest BCUT2D eigenvalue weighted by atomic mass is 10.0. The van der Waals surface area contributed by atoms with Crippen molar-refractivity contribution in [3.05, 3.63) is 42.0 Å². The van der Waals surface area contributed by atoms with Gasteiger partial charge in [-0.1, -0.05) is 30.3 Å².